The van der Waals surface area contributed by atoms with Gasteiger partial charge in [-0.15, -0.1) is 0 Å². The lowest BCUT2D eigenvalue weighted by molar-refractivity contribution is 0.0551. The molecule has 1 aromatic rings. The molecule has 3 rings (SSSR count). The molecule has 156 valence electrons. The van der Waals surface area contributed by atoms with Crippen LogP contribution >= 0.6 is 0 Å². The lowest BCUT2D eigenvalue weighted by atomic mass is 9.95. The maximum atomic E-state index is 11.7. The van der Waals surface area contributed by atoms with E-state index in [1.807, 2.05) is 12.1 Å². The number of carbonyl (C=O) groups is 1. The third-order valence-corrected chi connectivity index (χ3v) is 6.06. The van der Waals surface area contributed by atoms with E-state index in [0.29, 0.717) is 6.10 Å². The van der Waals surface area contributed by atoms with Crippen molar-refractivity contribution in [1.29, 1.82) is 0 Å². The van der Waals surface area contributed by atoms with Crippen LogP contribution in [0.2, 0.25) is 0 Å². The van der Waals surface area contributed by atoms with E-state index in [9.17, 15) is 4.79 Å². The Morgan fingerprint density at radius 1 is 1.25 bits per heavy atom. The molecule has 2 saturated heterocycles. The average Bonchev–Trinajstić information content (AvgIpc) is 3.20. The summed E-state index contributed by atoms with van der Waals surface area (Å²) < 4.78 is 11.1. The first-order chi connectivity index (χ1) is 13.6. The fourth-order valence-corrected chi connectivity index (χ4v) is 4.40. The smallest absolute Gasteiger partial charge is 0.159 e. The molecular formula is C23H36N2O3. The molecule has 1 atom stereocenters. The van der Waals surface area contributed by atoms with Crippen LogP contribution in [0.3, 0.4) is 0 Å². The zero-order valence-corrected chi connectivity index (χ0v) is 17.6. The van der Waals surface area contributed by atoms with E-state index in [2.05, 4.69) is 21.9 Å². The first-order valence-electron chi connectivity index (χ1n) is 10.8. The Morgan fingerprint density at radius 2 is 2.07 bits per heavy atom. The van der Waals surface area contributed by atoms with Gasteiger partial charge in [0.2, 0.25) is 0 Å². The number of hydrogen-bond acceptors (Lipinski definition) is 5. The molecule has 0 aromatic heterocycles. The average molecular weight is 389 g/mol. The molecule has 0 amide bonds. The molecule has 2 fully saturated rings. The molecule has 1 unspecified atom stereocenters. The second-order valence-electron chi connectivity index (χ2n) is 8.36. The number of methoxy groups -OCH3 is 1. The van der Waals surface area contributed by atoms with E-state index >= 15 is 0 Å². The Labute approximate surface area is 170 Å². The largest absolute Gasteiger partial charge is 0.383 e. The Bertz CT molecular complexity index is 608. The fraction of sp³-hybridized carbons (Fsp3) is 0.696. The van der Waals surface area contributed by atoms with E-state index in [-0.39, 0.29) is 5.78 Å². The van der Waals surface area contributed by atoms with Crippen LogP contribution in [-0.2, 0) is 16.0 Å². The minimum atomic E-state index is 0.135. The number of Topliss-reactive ketones (excluding diaryl/α,β-unsaturated/α-hetero) is 1. The highest BCUT2D eigenvalue weighted by atomic mass is 16.5. The van der Waals surface area contributed by atoms with E-state index in [1.54, 1.807) is 14.0 Å². The van der Waals surface area contributed by atoms with Crippen molar-refractivity contribution in [2.45, 2.75) is 45.3 Å². The number of piperidine rings is 1. The first-order valence-corrected chi connectivity index (χ1v) is 10.8. The van der Waals surface area contributed by atoms with Crippen molar-refractivity contribution in [1.82, 2.24) is 9.80 Å². The van der Waals surface area contributed by atoms with Crippen LogP contribution in [0.15, 0.2) is 24.3 Å². The minimum absolute atomic E-state index is 0.135. The fourth-order valence-electron chi connectivity index (χ4n) is 4.40. The highest BCUT2D eigenvalue weighted by molar-refractivity contribution is 5.94. The third kappa shape index (κ3) is 6.66. The van der Waals surface area contributed by atoms with Crippen molar-refractivity contribution >= 4 is 5.78 Å². The van der Waals surface area contributed by atoms with Crippen LogP contribution in [0, 0.1) is 5.92 Å². The molecule has 0 N–H and O–H groups in total. The summed E-state index contributed by atoms with van der Waals surface area (Å²) in [7, 11) is 1.77. The topological polar surface area (TPSA) is 42.0 Å². The predicted molar refractivity (Wildman–Crippen MR) is 112 cm³/mol. The number of ketones is 1. The quantitative estimate of drug-likeness (QED) is 0.576. The van der Waals surface area contributed by atoms with Crippen molar-refractivity contribution in [3.63, 3.8) is 0 Å². The monoisotopic (exact) mass is 388 g/mol. The summed E-state index contributed by atoms with van der Waals surface area (Å²) in [6, 6.07) is 8.11. The highest BCUT2D eigenvalue weighted by Crippen LogP contribution is 2.22. The van der Waals surface area contributed by atoms with Crippen LogP contribution in [0.5, 0.6) is 0 Å². The van der Waals surface area contributed by atoms with Gasteiger partial charge in [-0.05, 0) is 63.2 Å². The molecule has 2 heterocycles. The van der Waals surface area contributed by atoms with Gasteiger partial charge in [0.05, 0.1) is 12.7 Å². The maximum absolute atomic E-state index is 11.7. The second kappa shape index (κ2) is 11.1. The van der Waals surface area contributed by atoms with Gasteiger partial charge in [-0.1, -0.05) is 18.2 Å². The predicted octanol–water partition coefficient (Wildman–Crippen LogP) is 3.23. The number of rotatable bonds is 10. The maximum Gasteiger partial charge on any atom is 0.159 e. The second-order valence-corrected chi connectivity index (χ2v) is 8.36. The van der Waals surface area contributed by atoms with Crippen LogP contribution in [0.1, 0.15) is 48.5 Å². The Kier molecular flexibility index (Phi) is 8.46. The minimum Gasteiger partial charge on any atom is -0.383 e. The van der Waals surface area contributed by atoms with E-state index in [0.717, 1.165) is 50.9 Å². The van der Waals surface area contributed by atoms with E-state index in [1.165, 1.54) is 44.3 Å². The molecule has 5 nitrogen and oxygen atoms in total. The summed E-state index contributed by atoms with van der Waals surface area (Å²) in [5, 5.41) is 0. The Morgan fingerprint density at radius 3 is 2.75 bits per heavy atom. The van der Waals surface area contributed by atoms with Crippen LogP contribution < -0.4 is 0 Å². The normalized spacial score (nSPS) is 21.5. The molecule has 0 spiro atoms. The Hall–Kier alpha value is -1.27. The van der Waals surface area contributed by atoms with Crippen molar-refractivity contribution in [3.8, 4) is 0 Å². The lowest BCUT2D eigenvalue weighted by Crippen LogP contribution is -2.41. The van der Waals surface area contributed by atoms with Crippen LogP contribution in [0.4, 0.5) is 0 Å². The summed E-state index contributed by atoms with van der Waals surface area (Å²) in [5.41, 5.74) is 2.03. The summed E-state index contributed by atoms with van der Waals surface area (Å²) in [6.07, 6.45) is 5.20. The lowest BCUT2D eigenvalue weighted by Gasteiger charge is -2.35. The third-order valence-electron chi connectivity index (χ3n) is 6.06. The molecule has 0 radical (unpaired) electrons. The number of benzene rings is 1. The standard InChI is InChI=1S/C23H36N2O3/c1-19(26)22-6-3-5-21(15-22)17-25(18-23-7-4-13-28-23)16-20-8-10-24(11-9-20)12-14-27-2/h3,5-6,15,20,23H,4,7-14,16-18H2,1-2H3. The molecule has 2 aliphatic heterocycles. The van der Waals surface area contributed by atoms with Crippen molar-refractivity contribution in [2.75, 3.05) is 53.0 Å². The molecule has 2 aliphatic rings. The zero-order valence-electron chi connectivity index (χ0n) is 17.6. The molecule has 0 bridgehead atoms. The van der Waals surface area contributed by atoms with Crippen molar-refractivity contribution < 1.29 is 14.3 Å². The highest BCUT2D eigenvalue weighted by Gasteiger charge is 2.24. The number of likely N-dealkylation sites (tertiary alicyclic amines) is 1. The van der Waals surface area contributed by atoms with Crippen LogP contribution in [-0.4, -0.2) is 74.7 Å². The molecule has 0 saturated carbocycles. The molecule has 1 aromatic carbocycles. The number of carbonyl (C=O) groups excluding carboxylic acids is 1. The molecule has 28 heavy (non-hydrogen) atoms. The Balaban J connectivity index is 1.57. The van der Waals surface area contributed by atoms with Crippen LogP contribution in [0.25, 0.3) is 0 Å². The van der Waals surface area contributed by atoms with Crippen molar-refractivity contribution in [2.24, 2.45) is 5.92 Å². The van der Waals surface area contributed by atoms with E-state index in [4.69, 9.17) is 9.47 Å². The van der Waals surface area contributed by atoms with Gasteiger partial charge in [0, 0.05) is 45.5 Å². The van der Waals surface area contributed by atoms with Gasteiger partial charge < -0.3 is 14.4 Å². The summed E-state index contributed by atoms with van der Waals surface area (Å²) in [5.74, 6) is 0.868. The van der Waals surface area contributed by atoms with Gasteiger partial charge in [-0.3, -0.25) is 9.69 Å². The SMILES string of the molecule is COCCN1CCC(CN(Cc2cccc(C(C)=O)c2)CC2CCCO2)CC1. The summed E-state index contributed by atoms with van der Waals surface area (Å²) in [4.78, 5) is 16.8. The molecule has 0 aliphatic carbocycles. The zero-order chi connectivity index (χ0) is 19.8. The number of ether oxygens (including phenoxy) is 2. The van der Waals surface area contributed by atoms with Gasteiger partial charge in [-0.2, -0.15) is 0 Å². The molecular weight excluding hydrogens is 352 g/mol. The van der Waals surface area contributed by atoms with Gasteiger partial charge >= 0.3 is 0 Å². The summed E-state index contributed by atoms with van der Waals surface area (Å²) >= 11 is 0. The van der Waals surface area contributed by atoms with Crippen molar-refractivity contribution in [3.05, 3.63) is 35.4 Å². The number of nitrogens with zero attached hydrogens (tertiary/aromatic N) is 2. The van der Waals surface area contributed by atoms with Gasteiger partial charge in [0.15, 0.2) is 5.78 Å². The molecule has 5 heteroatoms. The van der Waals surface area contributed by atoms with Gasteiger partial charge in [-0.25, -0.2) is 0 Å². The summed E-state index contributed by atoms with van der Waals surface area (Å²) in [6.45, 7) is 9.74. The van der Waals surface area contributed by atoms with Gasteiger partial charge in [0.25, 0.3) is 0 Å². The van der Waals surface area contributed by atoms with E-state index < -0.39 is 0 Å². The van der Waals surface area contributed by atoms with Gasteiger partial charge in [0.1, 0.15) is 0 Å². The first kappa shape index (κ1) is 21.4. The number of hydrogen-bond donors (Lipinski definition) is 0.